The van der Waals surface area contributed by atoms with E-state index in [0.29, 0.717) is 24.5 Å². The highest BCUT2D eigenvalue weighted by Crippen LogP contribution is 2.24. The number of alkyl halides is 1. The van der Waals surface area contributed by atoms with Crippen LogP contribution in [0.2, 0.25) is 0 Å². The molecule has 4 nitrogen and oxygen atoms in total. The largest absolute Gasteiger partial charge is 0.493 e. The molecule has 0 N–H and O–H groups in total. The number of ether oxygens (including phenoxy) is 1. The lowest BCUT2D eigenvalue weighted by molar-refractivity contribution is 0.112. The zero-order valence-electron chi connectivity index (χ0n) is 12.9. The molecule has 122 valence electrons. The molecule has 3 aromatic rings. The molecule has 0 aliphatic rings. The molecule has 2 aromatic carbocycles. The van der Waals surface area contributed by atoms with Gasteiger partial charge in [-0.3, -0.25) is 4.79 Å². The normalized spacial score (nSPS) is 10.5. The summed E-state index contributed by atoms with van der Waals surface area (Å²) in [6, 6.07) is 16.9. The maximum Gasteiger partial charge on any atom is 0.226 e. The van der Waals surface area contributed by atoms with Gasteiger partial charge in [0.2, 0.25) is 5.89 Å². The summed E-state index contributed by atoms with van der Waals surface area (Å²) >= 11 is 2.28. The lowest BCUT2D eigenvalue weighted by Crippen LogP contribution is -2.03. The molecule has 0 radical (unpaired) electrons. The van der Waals surface area contributed by atoms with Crippen molar-refractivity contribution in [3.05, 3.63) is 71.6 Å². The molecule has 0 unspecified atom stereocenters. The Kier molecular flexibility index (Phi) is 5.63. The second-order valence-corrected chi connectivity index (χ2v) is 5.94. The van der Waals surface area contributed by atoms with Crippen molar-refractivity contribution in [2.24, 2.45) is 0 Å². The first kappa shape index (κ1) is 16.7. The Hall–Kier alpha value is -2.15. The monoisotopic (exact) mass is 433 g/mol. The molecule has 0 atom stereocenters. The number of benzene rings is 2. The van der Waals surface area contributed by atoms with E-state index >= 15 is 0 Å². The van der Waals surface area contributed by atoms with Gasteiger partial charge in [0.25, 0.3) is 0 Å². The molecule has 0 bridgehead atoms. The van der Waals surface area contributed by atoms with Gasteiger partial charge in [0.15, 0.2) is 0 Å². The van der Waals surface area contributed by atoms with Gasteiger partial charge in [-0.2, -0.15) is 0 Å². The first-order valence-corrected chi connectivity index (χ1v) is 9.10. The zero-order chi connectivity index (χ0) is 16.8. The lowest BCUT2D eigenvalue weighted by atomic mass is 10.2. The van der Waals surface area contributed by atoms with Crippen LogP contribution in [0.15, 0.2) is 59.0 Å². The summed E-state index contributed by atoms with van der Waals surface area (Å²) < 4.78 is 12.4. The van der Waals surface area contributed by atoms with Crippen LogP contribution in [0.4, 0.5) is 0 Å². The maximum atomic E-state index is 10.6. The molecule has 24 heavy (non-hydrogen) atoms. The van der Waals surface area contributed by atoms with Crippen LogP contribution in [0.25, 0.3) is 11.5 Å². The number of oxazole rings is 1. The topological polar surface area (TPSA) is 52.3 Å². The molecule has 0 amide bonds. The summed E-state index contributed by atoms with van der Waals surface area (Å²) in [6.07, 6.45) is 1.49. The Balaban J connectivity index is 1.66. The molecule has 5 heteroatoms. The van der Waals surface area contributed by atoms with Gasteiger partial charge in [0, 0.05) is 17.5 Å². The van der Waals surface area contributed by atoms with E-state index in [1.807, 2.05) is 30.3 Å². The van der Waals surface area contributed by atoms with Crippen LogP contribution in [-0.4, -0.2) is 17.9 Å². The van der Waals surface area contributed by atoms with Gasteiger partial charge in [-0.25, -0.2) is 4.98 Å². The van der Waals surface area contributed by atoms with E-state index in [-0.39, 0.29) is 0 Å². The third-order valence-electron chi connectivity index (χ3n) is 3.54. The second kappa shape index (κ2) is 8.10. The van der Waals surface area contributed by atoms with E-state index in [0.717, 1.165) is 33.5 Å². The number of rotatable bonds is 7. The Morgan fingerprint density at radius 3 is 2.50 bits per heavy atom. The molecule has 0 fully saturated rings. The molecular weight excluding hydrogens is 417 g/mol. The lowest BCUT2D eigenvalue weighted by Gasteiger charge is -2.05. The van der Waals surface area contributed by atoms with Crippen LogP contribution in [0, 0.1) is 0 Å². The number of aromatic nitrogens is 1. The fourth-order valence-electron chi connectivity index (χ4n) is 2.30. The minimum atomic E-state index is 0.505. The third-order valence-corrected chi connectivity index (χ3v) is 4.24. The molecule has 1 aromatic heterocycles. The fourth-order valence-corrected chi connectivity index (χ4v) is 2.89. The van der Waals surface area contributed by atoms with Crippen molar-refractivity contribution < 1.29 is 13.9 Å². The van der Waals surface area contributed by atoms with Crippen molar-refractivity contribution in [3.63, 3.8) is 0 Å². The fraction of sp³-hybridized carbons (Fsp3) is 0.158. The van der Waals surface area contributed by atoms with E-state index < -0.39 is 0 Å². The van der Waals surface area contributed by atoms with E-state index in [4.69, 9.17) is 9.15 Å². The Morgan fingerprint density at radius 2 is 1.83 bits per heavy atom. The van der Waals surface area contributed by atoms with Crippen LogP contribution in [0.3, 0.4) is 0 Å². The standard InChI is InChI=1S/C19H16INO3/c20-12-18-17(21-19(24-18)15-4-2-1-3-5-15)10-11-23-16-8-6-14(13-22)7-9-16/h1-9,13H,10-12H2. The maximum absolute atomic E-state index is 10.6. The van der Waals surface area contributed by atoms with Gasteiger partial charge in [-0.15, -0.1) is 0 Å². The number of carbonyl (C=O) groups is 1. The highest BCUT2D eigenvalue weighted by Gasteiger charge is 2.13. The van der Waals surface area contributed by atoms with E-state index in [9.17, 15) is 4.79 Å². The summed E-state index contributed by atoms with van der Waals surface area (Å²) in [5.74, 6) is 2.27. The minimum Gasteiger partial charge on any atom is -0.493 e. The van der Waals surface area contributed by atoms with Gasteiger partial charge >= 0.3 is 0 Å². The zero-order valence-corrected chi connectivity index (χ0v) is 15.1. The summed E-state index contributed by atoms with van der Waals surface area (Å²) in [5, 5.41) is 0. The summed E-state index contributed by atoms with van der Waals surface area (Å²) in [5.41, 5.74) is 2.53. The van der Waals surface area contributed by atoms with Crippen molar-refractivity contribution in [1.29, 1.82) is 0 Å². The predicted octanol–water partition coefficient (Wildman–Crippen LogP) is 4.71. The van der Waals surface area contributed by atoms with Crippen molar-refractivity contribution in [3.8, 4) is 17.2 Å². The van der Waals surface area contributed by atoms with Crippen LogP contribution in [0.5, 0.6) is 5.75 Å². The third kappa shape index (κ3) is 4.03. The molecule has 0 aliphatic heterocycles. The number of hydrogen-bond acceptors (Lipinski definition) is 4. The van der Waals surface area contributed by atoms with Crippen molar-refractivity contribution in [2.45, 2.75) is 10.8 Å². The van der Waals surface area contributed by atoms with E-state index in [1.54, 1.807) is 24.3 Å². The smallest absolute Gasteiger partial charge is 0.226 e. The second-order valence-electron chi connectivity index (χ2n) is 5.17. The van der Waals surface area contributed by atoms with Gasteiger partial charge in [-0.05, 0) is 36.4 Å². The molecule has 3 rings (SSSR count). The quantitative estimate of drug-likeness (QED) is 0.308. The summed E-state index contributed by atoms with van der Waals surface area (Å²) in [6.45, 7) is 0.505. The Morgan fingerprint density at radius 1 is 1.08 bits per heavy atom. The van der Waals surface area contributed by atoms with Crippen molar-refractivity contribution in [1.82, 2.24) is 4.98 Å². The highest BCUT2D eigenvalue weighted by atomic mass is 127. The average Bonchev–Trinajstić information content (AvgIpc) is 3.06. The number of hydrogen-bond donors (Lipinski definition) is 0. The molecule has 0 saturated carbocycles. The summed E-state index contributed by atoms with van der Waals surface area (Å²) in [7, 11) is 0. The minimum absolute atomic E-state index is 0.505. The number of halogens is 1. The number of nitrogens with zero attached hydrogens (tertiary/aromatic N) is 1. The van der Waals surface area contributed by atoms with Crippen LogP contribution >= 0.6 is 22.6 Å². The molecular formula is C19H16INO3. The van der Waals surface area contributed by atoms with Crippen molar-refractivity contribution in [2.75, 3.05) is 6.61 Å². The number of carbonyl (C=O) groups excluding carboxylic acids is 1. The van der Waals surface area contributed by atoms with E-state index in [2.05, 4.69) is 27.6 Å². The highest BCUT2D eigenvalue weighted by molar-refractivity contribution is 14.1. The Labute approximate surface area is 154 Å². The Bertz CT molecular complexity index is 797. The van der Waals surface area contributed by atoms with Gasteiger partial charge in [0.1, 0.15) is 17.8 Å². The molecule has 0 saturated heterocycles. The van der Waals surface area contributed by atoms with Crippen LogP contribution < -0.4 is 4.74 Å². The predicted molar refractivity (Wildman–Crippen MR) is 101 cm³/mol. The van der Waals surface area contributed by atoms with Crippen molar-refractivity contribution >= 4 is 28.9 Å². The summed E-state index contributed by atoms with van der Waals surface area (Å²) in [4.78, 5) is 15.3. The first-order chi connectivity index (χ1) is 11.8. The average molecular weight is 433 g/mol. The van der Waals surface area contributed by atoms with E-state index in [1.165, 1.54) is 0 Å². The van der Waals surface area contributed by atoms with Gasteiger partial charge in [-0.1, -0.05) is 40.8 Å². The molecule has 0 aliphatic carbocycles. The van der Waals surface area contributed by atoms with Crippen LogP contribution in [-0.2, 0) is 10.8 Å². The van der Waals surface area contributed by atoms with Gasteiger partial charge in [0.05, 0.1) is 16.7 Å². The molecule has 1 heterocycles. The first-order valence-electron chi connectivity index (χ1n) is 7.58. The SMILES string of the molecule is O=Cc1ccc(OCCc2nc(-c3ccccc3)oc2CI)cc1. The van der Waals surface area contributed by atoms with Gasteiger partial charge < -0.3 is 9.15 Å². The number of aldehydes is 1. The molecule has 0 spiro atoms. The van der Waals surface area contributed by atoms with Crippen LogP contribution in [0.1, 0.15) is 21.8 Å².